The summed E-state index contributed by atoms with van der Waals surface area (Å²) in [7, 11) is 0. The Hall–Kier alpha value is -1.18. The number of nitrogens with zero attached hydrogens (tertiary/aromatic N) is 2. The third-order valence-electron chi connectivity index (χ3n) is 3.90. The van der Waals surface area contributed by atoms with Crippen molar-refractivity contribution in [2.24, 2.45) is 0 Å². The number of rotatable bonds is 3. The lowest BCUT2D eigenvalue weighted by molar-refractivity contribution is 1.22. The fourth-order valence-corrected chi connectivity index (χ4v) is 3.92. The van der Waals surface area contributed by atoms with E-state index in [0.717, 1.165) is 0 Å². The molecule has 0 saturated carbocycles. The van der Waals surface area contributed by atoms with Gasteiger partial charge in [0.25, 0.3) is 0 Å². The minimum absolute atomic E-state index is 0.139. The zero-order valence-electron chi connectivity index (χ0n) is 13.3. The van der Waals surface area contributed by atoms with Crippen LogP contribution >= 0.6 is 69.6 Å². The zero-order chi connectivity index (χ0) is 19.7. The number of benzene rings is 2. The van der Waals surface area contributed by atoms with Crippen LogP contribution in [0, 0.1) is 11.3 Å². The van der Waals surface area contributed by atoms with Crippen molar-refractivity contribution < 1.29 is 0 Å². The molecule has 0 bridgehead atoms. The topological polar surface area (TPSA) is 36.7 Å². The molecule has 0 N–H and O–H groups in total. The van der Waals surface area contributed by atoms with Crippen molar-refractivity contribution in [1.82, 2.24) is 4.98 Å². The van der Waals surface area contributed by atoms with Gasteiger partial charge >= 0.3 is 0 Å². The van der Waals surface area contributed by atoms with Crippen LogP contribution in [-0.2, 0) is 6.42 Å². The minimum Gasteiger partial charge on any atom is -0.256 e. The Kier molecular flexibility index (Phi) is 6.43. The van der Waals surface area contributed by atoms with Gasteiger partial charge in [0, 0.05) is 22.9 Å². The highest BCUT2D eigenvalue weighted by atomic mass is 35.5. The first-order chi connectivity index (χ1) is 12.9. The van der Waals surface area contributed by atoms with Crippen molar-refractivity contribution in [3.8, 4) is 28.5 Å². The van der Waals surface area contributed by atoms with Crippen LogP contribution in [0.5, 0.6) is 0 Å². The summed E-state index contributed by atoms with van der Waals surface area (Å²) in [5, 5.41) is 10.8. The van der Waals surface area contributed by atoms with Crippen LogP contribution in [0.4, 0.5) is 0 Å². The van der Waals surface area contributed by atoms with Gasteiger partial charge in [0.2, 0.25) is 0 Å². The summed E-state index contributed by atoms with van der Waals surface area (Å²) in [6, 6.07) is 10.6. The summed E-state index contributed by atoms with van der Waals surface area (Å²) in [5.41, 5.74) is 2.99. The number of aromatic nitrogens is 1. The molecular formula is C19H8Cl6N2. The van der Waals surface area contributed by atoms with Crippen molar-refractivity contribution in [3.05, 3.63) is 72.2 Å². The normalized spacial score (nSPS) is 10.7. The number of pyridine rings is 1. The van der Waals surface area contributed by atoms with E-state index in [0.29, 0.717) is 38.0 Å². The van der Waals surface area contributed by atoms with Gasteiger partial charge in [0.15, 0.2) is 0 Å². The predicted octanol–water partition coefficient (Wildman–Crippen LogP) is 8.40. The average Bonchev–Trinajstić information content (AvgIpc) is 2.65. The lowest BCUT2D eigenvalue weighted by Gasteiger charge is -2.17. The van der Waals surface area contributed by atoms with E-state index in [1.807, 2.05) is 0 Å². The Labute approximate surface area is 186 Å². The Balaban J connectivity index is 2.39. The Bertz CT molecular complexity index is 1090. The van der Waals surface area contributed by atoms with Gasteiger partial charge in [-0.1, -0.05) is 75.7 Å². The first kappa shape index (κ1) is 20.6. The van der Waals surface area contributed by atoms with Crippen molar-refractivity contribution in [3.63, 3.8) is 0 Å². The molecule has 27 heavy (non-hydrogen) atoms. The molecule has 0 saturated heterocycles. The summed E-state index contributed by atoms with van der Waals surface area (Å²) in [6.07, 6.45) is 1.73. The van der Waals surface area contributed by atoms with E-state index >= 15 is 0 Å². The van der Waals surface area contributed by atoms with Crippen molar-refractivity contribution in [2.75, 3.05) is 0 Å². The highest BCUT2D eigenvalue weighted by Gasteiger charge is 2.21. The first-order valence-electron chi connectivity index (χ1n) is 7.49. The van der Waals surface area contributed by atoms with Crippen LogP contribution in [0.1, 0.15) is 5.56 Å². The molecule has 0 spiro atoms. The van der Waals surface area contributed by atoms with Gasteiger partial charge in [0.1, 0.15) is 0 Å². The van der Waals surface area contributed by atoms with E-state index in [-0.39, 0.29) is 26.5 Å². The Morgan fingerprint density at radius 3 is 1.89 bits per heavy atom. The van der Waals surface area contributed by atoms with E-state index in [9.17, 15) is 5.26 Å². The van der Waals surface area contributed by atoms with E-state index < -0.39 is 0 Å². The highest BCUT2D eigenvalue weighted by Crippen LogP contribution is 2.45. The average molecular weight is 477 g/mol. The minimum atomic E-state index is 0.139. The van der Waals surface area contributed by atoms with Gasteiger partial charge in [-0.15, -0.1) is 0 Å². The standard InChI is InChI=1S/C19H8Cl6N2/c20-12-3-1-10(15(22)17(12)24)14-9(5-7-26)6-8-27-19(14)11-2-4-13(21)18(25)16(11)23/h1-4,6,8H,5H2. The zero-order valence-corrected chi connectivity index (χ0v) is 17.9. The van der Waals surface area contributed by atoms with Crippen LogP contribution in [-0.4, -0.2) is 4.98 Å². The van der Waals surface area contributed by atoms with Crippen LogP contribution in [0.2, 0.25) is 30.1 Å². The molecule has 0 atom stereocenters. The number of halogens is 6. The number of hydrogen-bond acceptors (Lipinski definition) is 2. The van der Waals surface area contributed by atoms with Gasteiger partial charge in [-0.3, -0.25) is 4.98 Å². The second kappa shape index (κ2) is 8.45. The molecule has 0 fully saturated rings. The maximum atomic E-state index is 9.24. The summed E-state index contributed by atoms with van der Waals surface area (Å²) >= 11 is 37.4. The monoisotopic (exact) mass is 474 g/mol. The van der Waals surface area contributed by atoms with Gasteiger partial charge in [-0.25, -0.2) is 0 Å². The maximum absolute atomic E-state index is 9.24. The van der Waals surface area contributed by atoms with Crippen molar-refractivity contribution in [1.29, 1.82) is 5.26 Å². The molecule has 0 aliphatic rings. The summed E-state index contributed by atoms with van der Waals surface area (Å²) in [4.78, 5) is 4.46. The number of nitriles is 1. The predicted molar refractivity (Wildman–Crippen MR) is 114 cm³/mol. The first-order valence-corrected chi connectivity index (χ1v) is 9.76. The fourth-order valence-electron chi connectivity index (χ4n) is 2.67. The highest BCUT2D eigenvalue weighted by molar-refractivity contribution is 6.50. The second-order valence-electron chi connectivity index (χ2n) is 5.47. The van der Waals surface area contributed by atoms with Crippen LogP contribution in [0.3, 0.4) is 0 Å². The summed E-state index contributed by atoms with van der Waals surface area (Å²) in [6.45, 7) is 0. The molecule has 136 valence electrons. The SMILES string of the molecule is N#CCc1ccnc(-c2ccc(Cl)c(Cl)c2Cl)c1-c1ccc(Cl)c(Cl)c1Cl. The van der Waals surface area contributed by atoms with Crippen LogP contribution < -0.4 is 0 Å². The number of hydrogen-bond donors (Lipinski definition) is 0. The fraction of sp³-hybridized carbons (Fsp3) is 0.0526. The van der Waals surface area contributed by atoms with E-state index in [1.54, 1.807) is 36.5 Å². The molecular weight excluding hydrogens is 469 g/mol. The third kappa shape index (κ3) is 3.87. The third-order valence-corrected chi connectivity index (χ3v) is 6.49. The summed E-state index contributed by atoms with van der Waals surface area (Å²) in [5.74, 6) is 0. The smallest absolute Gasteiger partial charge is 0.0799 e. The largest absolute Gasteiger partial charge is 0.256 e. The molecule has 0 aliphatic heterocycles. The molecule has 0 aliphatic carbocycles. The lowest BCUT2D eigenvalue weighted by Crippen LogP contribution is -1.97. The van der Waals surface area contributed by atoms with Crippen molar-refractivity contribution >= 4 is 69.6 Å². The molecule has 1 aromatic heterocycles. The van der Waals surface area contributed by atoms with Crippen LogP contribution in [0.25, 0.3) is 22.4 Å². The van der Waals surface area contributed by atoms with Crippen LogP contribution in [0.15, 0.2) is 36.5 Å². The maximum Gasteiger partial charge on any atom is 0.0799 e. The van der Waals surface area contributed by atoms with Gasteiger partial charge in [-0.2, -0.15) is 5.26 Å². The molecule has 0 amide bonds. The van der Waals surface area contributed by atoms with Crippen molar-refractivity contribution in [2.45, 2.75) is 6.42 Å². The molecule has 2 nitrogen and oxygen atoms in total. The Morgan fingerprint density at radius 2 is 1.30 bits per heavy atom. The molecule has 0 unspecified atom stereocenters. The second-order valence-corrected chi connectivity index (χ2v) is 7.80. The van der Waals surface area contributed by atoms with Gasteiger partial charge in [-0.05, 0) is 29.8 Å². The van der Waals surface area contributed by atoms with E-state index in [2.05, 4.69) is 11.1 Å². The molecule has 2 aromatic carbocycles. The molecule has 3 rings (SSSR count). The molecule has 8 heteroatoms. The Morgan fingerprint density at radius 1 is 0.741 bits per heavy atom. The van der Waals surface area contributed by atoms with Gasteiger partial charge in [0.05, 0.1) is 48.3 Å². The van der Waals surface area contributed by atoms with Gasteiger partial charge < -0.3 is 0 Å². The summed E-state index contributed by atoms with van der Waals surface area (Å²) < 4.78 is 0. The van der Waals surface area contributed by atoms with E-state index in [1.165, 1.54) is 0 Å². The molecule has 0 radical (unpaired) electrons. The lowest BCUT2D eigenvalue weighted by atomic mass is 9.93. The quantitative estimate of drug-likeness (QED) is 0.356. The van der Waals surface area contributed by atoms with E-state index in [4.69, 9.17) is 69.6 Å². The molecule has 3 aromatic rings. The molecule has 1 heterocycles.